The molecule has 0 fully saturated rings. The number of carbonyl (C=O) groups is 1. The first-order valence-electron chi connectivity index (χ1n) is 5.89. The number of hydrogen-bond acceptors (Lipinski definition) is 3. The van der Waals surface area contributed by atoms with Crippen LogP contribution >= 0.6 is 0 Å². The highest BCUT2D eigenvalue weighted by Crippen LogP contribution is 2.12. The SMILES string of the molecule is CC(N)CCNC(=O)c1cnn(C(C)(C)C)c1. The number of nitrogens with two attached hydrogens (primary N) is 1. The van der Waals surface area contributed by atoms with E-state index in [0.717, 1.165) is 6.42 Å². The van der Waals surface area contributed by atoms with Gasteiger partial charge in [-0.05, 0) is 34.1 Å². The van der Waals surface area contributed by atoms with E-state index < -0.39 is 0 Å². The smallest absolute Gasteiger partial charge is 0.254 e. The number of amides is 1. The molecular weight excluding hydrogens is 216 g/mol. The fraction of sp³-hybridized carbons (Fsp3) is 0.667. The molecule has 0 aromatic carbocycles. The Hall–Kier alpha value is -1.36. The van der Waals surface area contributed by atoms with Gasteiger partial charge >= 0.3 is 0 Å². The minimum Gasteiger partial charge on any atom is -0.352 e. The van der Waals surface area contributed by atoms with E-state index in [2.05, 4.69) is 10.4 Å². The summed E-state index contributed by atoms with van der Waals surface area (Å²) in [5.41, 5.74) is 6.09. The summed E-state index contributed by atoms with van der Waals surface area (Å²) in [5, 5.41) is 7.01. The van der Waals surface area contributed by atoms with Crippen LogP contribution in [-0.4, -0.2) is 28.3 Å². The quantitative estimate of drug-likeness (QED) is 0.825. The fourth-order valence-electron chi connectivity index (χ4n) is 1.32. The zero-order valence-electron chi connectivity index (χ0n) is 11.0. The molecule has 0 spiro atoms. The number of aromatic nitrogens is 2. The molecule has 0 aliphatic heterocycles. The van der Waals surface area contributed by atoms with Crippen LogP contribution in [0.4, 0.5) is 0 Å². The van der Waals surface area contributed by atoms with Gasteiger partial charge in [-0.25, -0.2) is 0 Å². The largest absolute Gasteiger partial charge is 0.352 e. The Morgan fingerprint density at radius 1 is 1.59 bits per heavy atom. The van der Waals surface area contributed by atoms with E-state index in [1.165, 1.54) is 0 Å². The first kappa shape index (κ1) is 13.7. The van der Waals surface area contributed by atoms with Crippen molar-refractivity contribution in [2.75, 3.05) is 6.54 Å². The lowest BCUT2D eigenvalue weighted by molar-refractivity contribution is 0.0952. The van der Waals surface area contributed by atoms with Crippen molar-refractivity contribution in [3.05, 3.63) is 18.0 Å². The van der Waals surface area contributed by atoms with E-state index in [9.17, 15) is 4.79 Å². The van der Waals surface area contributed by atoms with Crippen molar-refractivity contribution in [3.63, 3.8) is 0 Å². The van der Waals surface area contributed by atoms with Gasteiger partial charge in [-0.15, -0.1) is 0 Å². The summed E-state index contributed by atoms with van der Waals surface area (Å²) < 4.78 is 1.79. The van der Waals surface area contributed by atoms with Crippen molar-refractivity contribution in [1.29, 1.82) is 0 Å². The molecule has 0 radical (unpaired) electrons. The molecule has 5 nitrogen and oxygen atoms in total. The van der Waals surface area contributed by atoms with E-state index in [4.69, 9.17) is 5.73 Å². The summed E-state index contributed by atoms with van der Waals surface area (Å²) in [4.78, 5) is 11.8. The Bertz CT molecular complexity index is 376. The van der Waals surface area contributed by atoms with Crippen LogP contribution < -0.4 is 11.1 Å². The van der Waals surface area contributed by atoms with E-state index in [-0.39, 0.29) is 17.5 Å². The molecule has 0 saturated heterocycles. The molecule has 1 atom stereocenters. The number of hydrogen-bond donors (Lipinski definition) is 2. The first-order chi connectivity index (χ1) is 7.80. The van der Waals surface area contributed by atoms with E-state index in [1.807, 2.05) is 27.7 Å². The second kappa shape index (κ2) is 5.31. The van der Waals surface area contributed by atoms with Gasteiger partial charge in [0.05, 0.1) is 17.3 Å². The van der Waals surface area contributed by atoms with Gasteiger partial charge in [0.1, 0.15) is 0 Å². The van der Waals surface area contributed by atoms with Crippen LogP contribution in [0.3, 0.4) is 0 Å². The van der Waals surface area contributed by atoms with Crippen molar-refractivity contribution in [2.45, 2.75) is 45.7 Å². The Balaban J connectivity index is 2.56. The molecule has 96 valence electrons. The predicted molar refractivity (Wildman–Crippen MR) is 67.8 cm³/mol. The maximum Gasteiger partial charge on any atom is 0.254 e. The van der Waals surface area contributed by atoms with Crippen LogP contribution in [0.5, 0.6) is 0 Å². The second-order valence-electron chi connectivity index (χ2n) is 5.37. The lowest BCUT2D eigenvalue weighted by Crippen LogP contribution is -2.29. The Morgan fingerprint density at radius 2 is 2.24 bits per heavy atom. The lowest BCUT2D eigenvalue weighted by atomic mass is 10.1. The summed E-state index contributed by atoms with van der Waals surface area (Å²) in [6.07, 6.45) is 4.13. The zero-order chi connectivity index (χ0) is 13.1. The average molecular weight is 238 g/mol. The van der Waals surface area contributed by atoms with Gasteiger partial charge in [-0.2, -0.15) is 5.10 Å². The van der Waals surface area contributed by atoms with E-state index in [1.54, 1.807) is 17.1 Å². The van der Waals surface area contributed by atoms with Crippen molar-refractivity contribution < 1.29 is 4.79 Å². The molecule has 1 heterocycles. The molecule has 1 aromatic rings. The van der Waals surface area contributed by atoms with Gasteiger partial charge in [0.15, 0.2) is 0 Å². The van der Waals surface area contributed by atoms with Crippen LogP contribution in [0.2, 0.25) is 0 Å². The van der Waals surface area contributed by atoms with Crippen molar-refractivity contribution in [3.8, 4) is 0 Å². The average Bonchev–Trinajstić information content (AvgIpc) is 2.64. The molecule has 1 unspecified atom stereocenters. The van der Waals surface area contributed by atoms with Crippen molar-refractivity contribution in [2.24, 2.45) is 5.73 Å². The fourth-order valence-corrected chi connectivity index (χ4v) is 1.32. The highest BCUT2D eigenvalue weighted by Gasteiger charge is 2.16. The van der Waals surface area contributed by atoms with Crippen LogP contribution in [-0.2, 0) is 5.54 Å². The number of carbonyl (C=O) groups excluding carboxylic acids is 1. The third-order valence-electron chi connectivity index (χ3n) is 2.42. The molecule has 5 heteroatoms. The number of nitrogens with one attached hydrogen (secondary N) is 1. The molecule has 1 aromatic heterocycles. The number of rotatable bonds is 4. The minimum absolute atomic E-state index is 0.0962. The van der Waals surface area contributed by atoms with E-state index >= 15 is 0 Å². The highest BCUT2D eigenvalue weighted by atomic mass is 16.1. The Labute approximate surface area is 102 Å². The normalized spacial score (nSPS) is 13.5. The van der Waals surface area contributed by atoms with Crippen LogP contribution in [0.1, 0.15) is 44.5 Å². The van der Waals surface area contributed by atoms with Crippen molar-refractivity contribution >= 4 is 5.91 Å². The van der Waals surface area contributed by atoms with Gasteiger partial charge in [0.25, 0.3) is 5.91 Å². The topological polar surface area (TPSA) is 72.9 Å². The molecule has 0 saturated carbocycles. The monoisotopic (exact) mass is 238 g/mol. The summed E-state index contributed by atoms with van der Waals surface area (Å²) in [5.74, 6) is -0.0962. The van der Waals surface area contributed by atoms with E-state index in [0.29, 0.717) is 12.1 Å². The van der Waals surface area contributed by atoms with Gasteiger partial charge in [-0.3, -0.25) is 9.48 Å². The van der Waals surface area contributed by atoms with Gasteiger partial charge in [0, 0.05) is 18.8 Å². The van der Waals surface area contributed by atoms with Gasteiger partial charge in [0.2, 0.25) is 0 Å². The maximum atomic E-state index is 11.8. The first-order valence-corrected chi connectivity index (χ1v) is 5.89. The number of nitrogens with zero attached hydrogens (tertiary/aromatic N) is 2. The molecule has 3 N–H and O–H groups in total. The Morgan fingerprint density at radius 3 is 2.71 bits per heavy atom. The lowest BCUT2D eigenvalue weighted by Gasteiger charge is -2.18. The van der Waals surface area contributed by atoms with Crippen LogP contribution in [0, 0.1) is 0 Å². The molecule has 1 rings (SSSR count). The molecule has 1 amide bonds. The van der Waals surface area contributed by atoms with Gasteiger partial charge < -0.3 is 11.1 Å². The summed E-state index contributed by atoms with van der Waals surface area (Å²) in [7, 11) is 0. The third kappa shape index (κ3) is 4.19. The second-order valence-corrected chi connectivity index (χ2v) is 5.37. The summed E-state index contributed by atoms with van der Waals surface area (Å²) in [6.45, 7) is 8.63. The molecular formula is C12H22N4O. The predicted octanol–water partition coefficient (Wildman–Crippen LogP) is 1.11. The third-order valence-corrected chi connectivity index (χ3v) is 2.42. The maximum absolute atomic E-state index is 11.8. The molecule has 0 bridgehead atoms. The highest BCUT2D eigenvalue weighted by molar-refractivity contribution is 5.93. The summed E-state index contributed by atoms with van der Waals surface area (Å²) >= 11 is 0. The minimum atomic E-state index is -0.107. The molecule has 17 heavy (non-hydrogen) atoms. The molecule has 0 aliphatic carbocycles. The van der Waals surface area contributed by atoms with Crippen LogP contribution in [0.15, 0.2) is 12.4 Å². The summed E-state index contributed by atoms with van der Waals surface area (Å²) in [6, 6.07) is 0.104. The zero-order valence-corrected chi connectivity index (χ0v) is 11.0. The Kier molecular flexibility index (Phi) is 4.28. The van der Waals surface area contributed by atoms with Gasteiger partial charge in [-0.1, -0.05) is 0 Å². The standard InChI is InChI=1S/C12H22N4O/c1-9(13)5-6-14-11(17)10-7-15-16(8-10)12(2,3)4/h7-9H,5-6,13H2,1-4H3,(H,14,17). The molecule has 0 aliphatic rings. The van der Waals surface area contributed by atoms with Crippen molar-refractivity contribution in [1.82, 2.24) is 15.1 Å². The van der Waals surface area contributed by atoms with Crippen LogP contribution in [0.25, 0.3) is 0 Å².